The van der Waals surface area contributed by atoms with Gasteiger partial charge < -0.3 is 4.57 Å². The molecule has 0 atom stereocenters. The van der Waals surface area contributed by atoms with E-state index in [0.717, 1.165) is 10.8 Å². The maximum Gasteiger partial charge on any atom is 0.174 e. The number of benzene rings is 4. The lowest BCUT2D eigenvalue weighted by molar-refractivity contribution is 0.111. The second kappa shape index (κ2) is 8.20. The Balaban J connectivity index is 2.19. The lowest BCUT2D eigenvalue weighted by atomic mass is 10.1. The highest BCUT2D eigenvalue weighted by Crippen LogP contribution is 2.48. The molecule has 0 spiro atoms. The molecular formula is C24H15Cl2O3P. The third kappa shape index (κ3) is 3.20. The van der Waals surface area contributed by atoms with Crippen molar-refractivity contribution >= 4 is 69.6 Å². The zero-order chi connectivity index (χ0) is 21.3. The Morgan fingerprint density at radius 3 is 1.63 bits per heavy atom. The molecule has 6 heteroatoms. The van der Waals surface area contributed by atoms with E-state index in [1.54, 1.807) is 42.5 Å². The van der Waals surface area contributed by atoms with Gasteiger partial charge in [-0.05, 0) is 22.9 Å². The average molecular weight is 453 g/mol. The van der Waals surface area contributed by atoms with Gasteiger partial charge in [0.15, 0.2) is 19.7 Å². The molecule has 0 amide bonds. The van der Waals surface area contributed by atoms with Crippen molar-refractivity contribution in [3.8, 4) is 0 Å². The van der Waals surface area contributed by atoms with Crippen LogP contribution in [0.5, 0.6) is 0 Å². The smallest absolute Gasteiger partial charge is 0.174 e. The zero-order valence-corrected chi connectivity index (χ0v) is 18.0. The predicted molar refractivity (Wildman–Crippen MR) is 124 cm³/mol. The highest BCUT2D eigenvalue weighted by Gasteiger charge is 2.36. The number of carbonyl (C=O) groups excluding carboxylic acids is 2. The molecule has 0 saturated carbocycles. The number of hydrogen-bond donors (Lipinski definition) is 0. The topological polar surface area (TPSA) is 51.2 Å². The molecule has 0 aliphatic carbocycles. The van der Waals surface area contributed by atoms with Crippen LogP contribution in [0.2, 0.25) is 10.0 Å². The summed E-state index contributed by atoms with van der Waals surface area (Å²) >= 11 is 13.1. The Kier molecular flexibility index (Phi) is 5.62. The minimum absolute atomic E-state index is 0.108. The first kappa shape index (κ1) is 20.6. The molecule has 0 bridgehead atoms. The summed E-state index contributed by atoms with van der Waals surface area (Å²) in [4.78, 5) is 23.0. The molecule has 0 fully saturated rings. The zero-order valence-electron chi connectivity index (χ0n) is 15.6. The summed E-state index contributed by atoms with van der Waals surface area (Å²) < 4.78 is 15.0. The van der Waals surface area contributed by atoms with Gasteiger partial charge in [-0.1, -0.05) is 89.9 Å². The van der Waals surface area contributed by atoms with Crippen molar-refractivity contribution in [1.29, 1.82) is 0 Å². The van der Waals surface area contributed by atoms with E-state index in [0.29, 0.717) is 28.5 Å². The van der Waals surface area contributed by atoms with E-state index >= 15 is 4.57 Å². The Morgan fingerprint density at radius 2 is 1.07 bits per heavy atom. The van der Waals surface area contributed by atoms with E-state index in [4.69, 9.17) is 23.2 Å². The van der Waals surface area contributed by atoms with Crippen LogP contribution in [0.3, 0.4) is 0 Å². The van der Waals surface area contributed by atoms with Crippen LogP contribution in [0, 0.1) is 0 Å². The molecule has 0 N–H and O–H groups in total. The van der Waals surface area contributed by atoms with Gasteiger partial charge in [0, 0.05) is 27.0 Å². The van der Waals surface area contributed by atoms with Crippen molar-refractivity contribution in [2.45, 2.75) is 0 Å². The maximum absolute atomic E-state index is 15.0. The van der Waals surface area contributed by atoms with Crippen LogP contribution in [0.25, 0.3) is 10.8 Å². The van der Waals surface area contributed by atoms with Gasteiger partial charge in [-0.15, -0.1) is 0 Å². The van der Waals surface area contributed by atoms with Crippen LogP contribution < -0.4 is 15.9 Å². The fourth-order valence-corrected chi connectivity index (χ4v) is 7.69. The number of aldehydes is 2. The van der Waals surface area contributed by atoms with Gasteiger partial charge in [0.25, 0.3) is 0 Å². The van der Waals surface area contributed by atoms with Crippen molar-refractivity contribution in [2.75, 3.05) is 0 Å². The molecular weight excluding hydrogens is 438 g/mol. The van der Waals surface area contributed by atoms with Gasteiger partial charge >= 0.3 is 0 Å². The van der Waals surface area contributed by atoms with E-state index in [-0.39, 0.29) is 21.2 Å². The third-order valence-corrected chi connectivity index (χ3v) is 9.33. The van der Waals surface area contributed by atoms with Crippen LogP contribution >= 0.6 is 30.3 Å². The Bertz CT molecular complexity index is 1280. The highest BCUT2D eigenvalue weighted by molar-refractivity contribution is 7.86. The third-order valence-electron chi connectivity index (χ3n) is 5.05. The van der Waals surface area contributed by atoms with Crippen molar-refractivity contribution in [3.63, 3.8) is 0 Å². The van der Waals surface area contributed by atoms with E-state index in [2.05, 4.69) is 0 Å². The molecule has 4 rings (SSSR count). The van der Waals surface area contributed by atoms with Crippen LogP contribution in [-0.4, -0.2) is 12.6 Å². The summed E-state index contributed by atoms with van der Waals surface area (Å²) in [5.74, 6) is 0. The fourth-order valence-electron chi connectivity index (χ4n) is 3.61. The first-order chi connectivity index (χ1) is 14.5. The molecule has 4 aromatic carbocycles. The van der Waals surface area contributed by atoms with E-state index in [1.807, 2.05) is 36.4 Å². The average Bonchev–Trinajstić information content (AvgIpc) is 2.78. The van der Waals surface area contributed by atoms with E-state index in [9.17, 15) is 9.59 Å². The summed E-state index contributed by atoms with van der Waals surface area (Å²) in [6.07, 6.45) is 1.26. The molecule has 3 nitrogen and oxygen atoms in total. The number of hydrogen-bond acceptors (Lipinski definition) is 3. The molecule has 0 aliphatic heterocycles. The van der Waals surface area contributed by atoms with Gasteiger partial charge in [-0.25, -0.2) is 0 Å². The second-order valence-electron chi connectivity index (χ2n) is 6.70. The van der Waals surface area contributed by atoms with Gasteiger partial charge in [0.05, 0.1) is 10.0 Å². The van der Waals surface area contributed by atoms with Crippen LogP contribution in [-0.2, 0) is 4.57 Å². The first-order valence-corrected chi connectivity index (χ1v) is 11.6. The summed E-state index contributed by atoms with van der Waals surface area (Å²) in [7, 11) is -3.66. The number of rotatable bonds is 5. The fraction of sp³-hybridized carbons (Fsp3) is 0. The lowest BCUT2D eigenvalue weighted by Gasteiger charge is -2.24. The Morgan fingerprint density at radius 1 is 0.600 bits per heavy atom. The van der Waals surface area contributed by atoms with Gasteiger partial charge in [0.2, 0.25) is 0 Å². The molecule has 4 aromatic rings. The molecule has 0 saturated heterocycles. The first-order valence-electron chi connectivity index (χ1n) is 9.09. The molecule has 30 heavy (non-hydrogen) atoms. The number of halogens is 2. The Hall–Kier alpha value is -2.71. The summed E-state index contributed by atoms with van der Waals surface area (Å²) in [5.41, 5.74) is 0.467. The minimum atomic E-state index is -3.66. The summed E-state index contributed by atoms with van der Waals surface area (Å²) in [5, 5.41) is 3.04. The van der Waals surface area contributed by atoms with E-state index < -0.39 is 7.14 Å². The highest BCUT2D eigenvalue weighted by atomic mass is 35.5. The van der Waals surface area contributed by atoms with Crippen molar-refractivity contribution < 1.29 is 14.2 Å². The van der Waals surface area contributed by atoms with Crippen molar-refractivity contribution in [3.05, 3.63) is 100 Å². The monoisotopic (exact) mass is 452 g/mol. The van der Waals surface area contributed by atoms with Crippen LogP contribution in [0.4, 0.5) is 0 Å². The Labute approximate surface area is 183 Å². The molecule has 0 unspecified atom stereocenters. The van der Waals surface area contributed by atoms with Gasteiger partial charge in [0.1, 0.15) is 0 Å². The van der Waals surface area contributed by atoms with Crippen LogP contribution in [0.15, 0.2) is 78.9 Å². The second-order valence-corrected chi connectivity index (χ2v) is 10.1. The van der Waals surface area contributed by atoms with Crippen LogP contribution in [0.1, 0.15) is 20.7 Å². The lowest BCUT2D eigenvalue weighted by Crippen LogP contribution is -2.28. The minimum Gasteiger partial charge on any atom is -0.309 e. The standard InChI is InChI=1S/C24H15Cl2O3P/c25-23-17(14-27)8-4-12-21(23)30(29,22-13-5-9-18(15-28)24(22)26)20-11-3-7-16-6-1-2-10-19(16)20/h1-15H. The number of carbonyl (C=O) groups is 2. The van der Waals surface area contributed by atoms with Crippen molar-refractivity contribution in [1.82, 2.24) is 0 Å². The molecule has 0 aromatic heterocycles. The predicted octanol–water partition coefficient (Wildman–Crippen LogP) is 5.41. The molecule has 0 aliphatic rings. The largest absolute Gasteiger partial charge is 0.309 e. The molecule has 0 radical (unpaired) electrons. The summed E-state index contributed by atoms with van der Waals surface area (Å²) in [6, 6.07) is 22.8. The van der Waals surface area contributed by atoms with Crippen molar-refractivity contribution in [2.24, 2.45) is 0 Å². The quantitative estimate of drug-likeness (QED) is 0.300. The summed E-state index contributed by atoms with van der Waals surface area (Å²) in [6.45, 7) is 0. The van der Waals surface area contributed by atoms with Gasteiger partial charge in [-0.2, -0.15) is 0 Å². The molecule has 148 valence electrons. The SMILES string of the molecule is O=Cc1cccc(P(=O)(c2cccc(C=O)c2Cl)c2cccc3ccccc23)c1Cl. The normalized spacial score (nSPS) is 11.4. The van der Waals surface area contributed by atoms with E-state index in [1.165, 1.54) is 0 Å². The molecule has 0 heterocycles. The maximum atomic E-state index is 15.0. The van der Waals surface area contributed by atoms with Gasteiger partial charge in [-0.3, -0.25) is 9.59 Å². The number of fused-ring (bicyclic) bond motifs is 1.